The molecule has 1 aromatic carbocycles. The summed E-state index contributed by atoms with van der Waals surface area (Å²) in [7, 11) is 1.69. The molecule has 0 radical (unpaired) electrons. The zero-order valence-corrected chi connectivity index (χ0v) is 12.1. The normalized spacial score (nSPS) is 16.9. The van der Waals surface area contributed by atoms with Crippen LogP contribution in [0.4, 0.5) is 5.69 Å². The Morgan fingerprint density at radius 2 is 2.14 bits per heavy atom. The van der Waals surface area contributed by atoms with Crippen LogP contribution in [0.1, 0.15) is 11.1 Å². The van der Waals surface area contributed by atoms with Crippen molar-refractivity contribution in [2.75, 3.05) is 18.6 Å². The standard InChI is InChI=1S/C17H15N3O2/c1-20-15-9-12(4-5-13-3-2-8-19-10-13)6-7-16(15)22-11-14(18)17(20)21/h2-3,6-10,14H,11,18H2,1H3/t14-/m0/s1. The molecule has 1 aliphatic heterocycles. The van der Waals surface area contributed by atoms with E-state index in [2.05, 4.69) is 16.8 Å². The molecule has 1 atom stereocenters. The van der Waals surface area contributed by atoms with Gasteiger partial charge in [0.15, 0.2) is 0 Å². The van der Waals surface area contributed by atoms with E-state index >= 15 is 0 Å². The van der Waals surface area contributed by atoms with E-state index in [0.717, 1.165) is 11.1 Å². The number of hydrogen-bond donors (Lipinski definition) is 1. The number of fused-ring (bicyclic) bond motifs is 1. The maximum Gasteiger partial charge on any atom is 0.247 e. The predicted molar refractivity (Wildman–Crippen MR) is 83.5 cm³/mol. The van der Waals surface area contributed by atoms with Crippen molar-refractivity contribution in [1.82, 2.24) is 4.98 Å². The number of ether oxygens (including phenoxy) is 1. The zero-order valence-electron chi connectivity index (χ0n) is 12.1. The minimum absolute atomic E-state index is 0.170. The summed E-state index contributed by atoms with van der Waals surface area (Å²) in [5.74, 6) is 6.56. The van der Waals surface area contributed by atoms with Crippen molar-refractivity contribution in [2.45, 2.75) is 6.04 Å². The van der Waals surface area contributed by atoms with Gasteiger partial charge in [-0.05, 0) is 30.3 Å². The first-order valence-electron chi connectivity index (χ1n) is 6.87. The van der Waals surface area contributed by atoms with Gasteiger partial charge in [0, 0.05) is 30.6 Å². The van der Waals surface area contributed by atoms with Crippen LogP contribution in [0.5, 0.6) is 5.75 Å². The van der Waals surface area contributed by atoms with E-state index in [4.69, 9.17) is 10.5 Å². The fraction of sp³-hybridized carbons (Fsp3) is 0.176. The largest absolute Gasteiger partial charge is 0.489 e. The quantitative estimate of drug-likeness (QED) is 0.740. The maximum atomic E-state index is 12.1. The molecule has 5 heteroatoms. The Morgan fingerprint density at radius 1 is 1.32 bits per heavy atom. The molecule has 3 rings (SSSR count). The van der Waals surface area contributed by atoms with Crippen molar-refractivity contribution in [3.63, 3.8) is 0 Å². The van der Waals surface area contributed by atoms with Crippen molar-refractivity contribution in [3.05, 3.63) is 53.9 Å². The molecule has 22 heavy (non-hydrogen) atoms. The summed E-state index contributed by atoms with van der Waals surface area (Å²) in [6, 6.07) is 8.57. The van der Waals surface area contributed by atoms with E-state index < -0.39 is 6.04 Å². The second kappa shape index (κ2) is 5.88. The molecule has 110 valence electrons. The van der Waals surface area contributed by atoms with Gasteiger partial charge in [0.05, 0.1) is 5.69 Å². The highest BCUT2D eigenvalue weighted by molar-refractivity contribution is 5.98. The molecule has 0 saturated heterocycles. The van der Waals surface area contributed by atoms with Crippen LogP contribution < -0.4 is 15.4 Å². The monoisotopic (exact) mass is 293 g/mol. The predicted octanol–water partition coefficient (Wildman–Crippen LogP) is 1.16. The second-order valence-corrected chi connectivity index (χ2v) is 4.99. The molecule has 1 amide bonds. The first-order chi connectivity index (χ1) is 10.6. The van der Waals surface area contributed by atoms with Crippen LogP contribution in [0.25, 0.3) is 0 Å². The lowest BCUT2D eigenvalue weighted by atomic mass is 10.1. The summed E-state index contributed by atoms with van der Waals surface area (Å²) < 4.78 is 5.57. The fourth-order valence-corrected chi connectivity index (χ4v) is 2.18. The number of nitrogens with two attached hydrogens (primary N) is 1. The minimum atomic E-state index is -0.651. The number of rotatable bonds is 0. The number of nitrogens with zero attached hydrogens (tertiary/aromatic N) is 2. The van der Waals surface area contributed by atoms with Gasteiger partial charge in [-0.25, -0.2) is 0 Å². The highest BCUT2D eigenvalue weighted by Crippen LogP contribution is 2.31. The van der Waals surface area contributed by atoms with Gasteiger partial charge < -0.3 is 15.4 Å². The van der Waals surface area contributed by atoms with Crippen LogP contribution in [0.15, 0.2) is 42.7 Å². The van der Waals surface area contributed by atoms with Crippen LogP contribution in [-0.2, 0) is 4.79 Å². The number of likely N-dealkylation sites (N-methyl/N-ethyl adjacent to an activating group) is 1. The Labute approximate surface area is 128 Å². The molecule has 1 aromatic heterocycles. The van der Waals surface area contributed by atoms with E-state index in [1.54, 1.807) is 19.4 Å². The van der Waals surface area contributed by atoms with Gasteiger partial charge in [-0.3, -0.25) is 9.78 Å². The lowest BCUT2D eigenvalue weighted by Crippen LogP contribution is -2.43. The Kier molecular flexibility index (Phi) is 3.77. The molecular weight excluding hydrogens is 278 g/mol. The summed E-state index contributed by atoms with van der Waals surface area (Å²) in [6.45, 7) is 0.177. The molecular formula is C17H15N3O2. The SMILES string of the molecule is CN1C(=O)[C@@H](N)COc2ccc(C#Cc3cccnc3)cc21. The van der Waals surface area contributed by atoms with Crippen LogP contribution in [0.2, 0.25) is 0 Å². The molecule has 2 heterocycles. The topological polar surface area (TPSA) is 68.5 Å². The van der Waals surface area contributed by atoms with Gasteiger partial charge in [-0.2, -0.15) is 0 Å². The average Bonchev–Trinajstić information content (AvgIpc) is 2.66. The van der Waals surface area contributed by atoms with Crippen LogP contribution in [-0.4, -0.2) is 30.6 Å². The molecule has 5 nitrogen and oxygen atoms in total. The third kappa shape index (κ3) is 2.78. The first-order valence-corrected chi connectivity index (χ1v) is 6.87. The number of amides is 1. The maximum absolute atomic E-state index is 12.1. The third-order valence-electron chi connectivity index (χ3n) is 3.40. The number of anilines is 1. The lowest BCUT2D eigenvalue weighted by Gasteiger charge is -2.17. The van der Waals surface area contributed by atoms with E-state index in [9.17, 15) is 4.79 Å². The van der Waals surface area contributed by atoms with E-state index in [1.807, 2.05) is 30.3 Å². The minimum Gasteiger partial charge on any atom is -0.489 e. The van der Waals surface area contributed by atoms with Crippen LogP contribution >= 0.6 is 0 Å². The number of benzene rings is 1. The summed E-state index contributed by atoms with van der Waals surface area (Å²) >= 11 is 0. The van der Waals surface area contributed by atoms with Gasteiger partial charge in [-0.1, -0.05) is 11.8 Å². The highest BCUT2D eigenvalue weighted by atomic mass is 16.5. The number of hydrogen-bond acceptors (Lipinski definition) is 4. The van der Waals surface area contributed by atoms with Gasteiger partial charge in [-0.15, -0.1) is 0 Å². The molecule has 0 saturated carbocycles. The van der Waals surface area contributed by atoms with Gasteiger partial charge in [0.25, 0.3) is 0 Å². The van der Waals surface area contributed by atoms with Gasteiger partial charge in [0.2, 0.25) is 5.91 Å². The lowest BCUT2D eigenvalue weighted by molar-refractivity contribution is -0.119. The number of pyridine rings is 1. The van der Waals surface area contributed by atoms with Crippen molar-refractivity contribution in [3.8, 4) is 17.6 Å². The van der Waals surface area contributed by atoms with Crippen molar-refractivity contribution < 1.29 is 9.53 Å². The van der Waals surface area contributed by atoms with E-state index in [-0.39, 0.29) is 12.5 Å². The Morgan fingerprint density at radius 3 is 2.91 bits per heavy atom. The van der Waals surface area contributed by atoms with Gasteiger partial charge >= 0.3 is 0 Å². The molecule has 1 aliphatic rings. The highest BCUT2D eigenvalue weighted by Gasteiger charge is 2.26. The number of carbonyl (C=O) groups excluding carboxylic acids is 1. The molecule has 0 unspecified atom stereocenters. The van der Waals surface area contributed by atoms with Crippen molar-refractivity contribution in [1.29, 1.82) is 0 Å². The van der Waals surface area contributed by atoms with Crippen molar-refractivity contribution >= 4 is 11.6 Å². The molecule has 0 fully saturated rings. The van der Waals surface area contributed by atoms with Gasteiger partial charge in [0.1, 0.15) is 18.4 Å². The van der Waals surface area contributed by atoms with Crippen LogP contribution in [0.3, 0.4) is 0 Å². The van der Waals surface area contributed by atoms with E-state index in [0.29, 0.717) is 11.4 Å². The smallest absolute Gasteiger partial charge is 0.247 e. The third-order valence-corrected chi connectivity index (χ3v) is 3.40. The number of aromatic nitrogens is 1. The summed E-state index contributed by atoms with van der Waals surface area (Å²) in [5, 5.41) is 0. The molecule has 2 aromatic rings. The Hall–Kier alpha value is -2.84. The summed E-state index contributed by atoms with van der Waals surface area (Å²) in [4.78, 5) is 17.6. The van der Waals surface area contributed by atoms with Crippen LogP contribution in [0, 0.1) is 11.8 Å². The number of carbonyl (C=O) groups is 1. The fourth-order valence-electron chi connectivity index (χ4n) is 2.18. The summed E-state index contributed by atoms with van der Waals surface area (Å²) in [5.41, 5.74) is 8.07. The zero-order chi connectivity index (χ0) is 15.5. The molecule has 0 aliphatic carbocycles. The molecule has 0 bridgehead atoms. The Bertz CT molecular complexity index is 762. The molecule has 0 spiro atoms. The Balaban J connectivity index is 1.94. The average molecular weight is 293 g/mol. The first kappa shape index (κ1) is 14.1. The van der Waals surface area contributed by atoms with Crippen molar-refractivity contribution in [2.24, 2.45) is 5.73 Å². The molecule has 2 N–H and O–H groups in total. The second-order valence-electron chi connectivity index (χ2n) is 4.99. The summed E-state index contributed by atoms with van der Waals surface area (Å²) in [6.07, 6.45) is 3.41. The van der Waals surface area contributed by atoms with E-state index in [1.165, 1.54) is 4.90 Å².